The fourth-order valence-corrected chi connectivity index (χ4v) is 2.44. The molecule has 7 nitrogen and oxygen atoms in total. The first-order chi connectivity index (χ1) is 11.5. The van der Waals surface area contributed by atoms with E-state index in [-0.39, 0.29) is 12.2 Å². The van der Waals surface area contributed by atoms with Crippen LogP contribution in [-0.4, -0.2) is 38.4 Å². The number of carbonyl (C=O) groups excluding carboxylic acids is 1. The highest BCUT2D eigenvalue weighted by molar-refractivity contribution is 6.01. The summed E-state index contributed by atoms with van der Waals surface area (Å²) in [7, 11) is 0. The number of aryl methyl sites for hydroxylation is 1. The third-order valence-corrected chi connectivity index (χ3v) is 3.55. The molecule has 1 N–H and O–H groups in total. The lowest BCUT2D eigenvalue weighted by Gasteiger charge is -2.09. The van der Waals surface area contributed by atoms with Gasteiger partial charge >= 0.3 is 11.9 Å². The number of hydrogen-bond acceptors (Lipinski definition) is 5. The van der Waals surface area contributed by atoms with Crippen molar-refractivity contribution in [2.45, 2.75) is 13.8 Å². The van der Waals surface area contributed by atoms with Gasteiger partial charge in [0.1, 0.15) is 0 Å². The second kappa shape index (κ2) is 6.11. The number of esters is 1. The van der Waals surface area contributed by atoms with Crippen LogP contribution in [-0.2, 0) is 4.74 Å². The smallest absolute Gasteiger partial charge is 0.340 e. The van der Waals surface area contributed by atoms with Gasteiger partial charge in [0.05, 0.1) is 28.8 Å². The second-order valence-electron chi connectivity index (χ2n) is 5.22. The molecule has 2 aromatic heterocycles. The number of hydrogen-bond donors (Lipinski definition) is 1. The van der Waals surface area contributed by atoms with E-state index in [2.05, 4.69) is 10.1 Å². The van der Waals surface area contributed by atoms with Crippen LogP contribution in [0.25, 0.3) is 16.7 Å². The van der Waals surface area contributed by atoms with E-state index in [4.69, 9.17) is 4.74 Å². The highest BCUT2D eigenvalue weighted by Crippen LogP contribution is 2.22. The van der Waals surface area contributed by atoms with Crippen molar-refractivity contribution in [2.75, 3.05) is 6.61 Å². The van der Waals surface area contributed by atoms with E-state index < -0.39 is 11.9 Å². The molecule has 0 atom stereocenters. The molecule has 0 bridgehead atoms. The van der Waals surface area contributed by atoms with Crippen LogP contribution in [0.3, 0.4) is 0 Å². The molecule has 24 heavy (non-hydrogen) atoms. The minimum Gasteiger partial charge on any atom is -0.478 e. The van der Waals surface area contributed by atoms with Crippen LogP contribution in [0.4, 0.5) is 0 Å². The van der Waals surface area contributed by atoms with Gasteiger partial charge in [0, 0.05) is 12.4 Å². The van der Waals surface area contributed by atoms with Crippen LogP contribution in [0.1, 0.15) is 33.2 Å². The van der Waals surface area contributed by atoms with Crippen LogP contribution in [0.15, 0.2) is 36.7 Å². The molecule has 2 heterocycles. The fraction of sp³-hybridized carbons (Fsp3) is 0.176. The highest BCUT2D eigenvalue weighted by atomic mass is 16.5. The number of rotatable bonds is 4. The van der Waals surface area contributed by atoms with Crippen molar-refractivity contribution in [3.63, 3.8) is 0 Å². The van der Waals surface area contributed by atoms with Gasteiger partial charge in [-0.2, -0.15) is 0 Å². The summed E-state index contributed by atoms with van der Waals surface area (Å²) in [6.45, 7) is 3.89. The largest absolute Gasteiger partial charge is 0.478 e. The molecule has 0 unspecified atom stereocenters. The third-order valence-electron chi connectivity index (χ3n) is 3.55. The van der Waals surface area contributed by atoms with Crippen molar-refractivity contribution in [2.24, 2.45) is 0 Å². The molecule has 0 saturated heterocycles. The Bertz CT molecular complexity index is 946. The molecule has 0 radical (unpaired) electrons. The minimum absolute atomic E-state index is 0.108. The van der Waals surface area contributed by atoms with Crippen molar-refractivity contribution < 1.29 is 19.4 Å². The summed E-state index contributed by atoms with van der Waals surface area (Å²) in [5.74, 6) is -1.52. The molecule has 1 aromatic carbocycles. The normalized spacial score (nSPS) is 10.8. The standard InChI is InChI=1S/C17H15N3O4/c1-3-24-17(23)12-5-4-10(2)8-14(12)20-9-13-11(16(21)22)6-7-18-15(13)19-20/h4-9H,3H2,1-2H3,(H,21,22). The van der Waals surface area contributed by atoms with Gasteiger partial charge in [-0.15, -0.1) is 5.10 Å². The maximum atomic E-state index is 12.2. The predicted octanol–water partition coefficient (Wildman–Crippen LogP) is 2.60. The van der Waals surface area contributed by atoms with E-state index in [0.717, 1.165) is 5.56 Å². The molecule has 0 aliphatic carbocycles. The highest BCUT2D eigenvalue weighted by Gasteiger charge is 2.18. The number of aromatic carboxylic acids is 1. The van der Waals surface area contributed by atoms with E-state index in [1.54, 1.807) is 31.3 Å². The summed E-state index contributed by atoms with van der Waals surface area (Å²) >= 11 is 0. The first kappa shape index (κ1) is 15.7. The summed E-state index contributed by atoms with van der Waals surface area (Å²) in [6.07, 6.45) is 2.95. The van der Waals surface area contributed by atoms with Crippen LogP contribution in [0, 0.1) is 6.92 Å². The van der Waals surface area contributed by atoms with Gasteiger partial charge in [0.15, 0.2) is 5.65 Å². The average molecular weight is 325 g/mol. The van der Waals surface area contributed by atoms with E-state index >= 15 is 0 Å². The van der Waals surface area contributed by atoms with E-state index in [1.165, 1.54) is 16.9 Å². The lowest BCUT2D eigenvalue weighted by molar-refractivity contribution is 0.0525. The number of carboxylic acid groups (broad SMARTS) is 1. The Balaban J connectivity index is 2.20. The molecular formula is C17H15N3O4. The lowest BCUT2D eigenvalue weighted by atomic mass is 10.1. The number of carboxylic acids is 1. The number of carbonyl (C=O) groups is 2. The van der Waals surface area contributed by atoms with E-state index in [1.807, 2.05) is 6.92 Å². The summed E-state index contributed by atoms with van der Waals surface area (Å²) < 4.78 is 6.54. The van der Waals surface area contributed by atoms with Crippen molar-refractivity contribution >= 4 is 23.0 Å². The molecule has 7 heteroatoms. The Morgan fingerprint density at radius 1 is 1.25 bits per heavy atom. The van der Waals surface area contributed by atoms with Crippen molar-refractivity contribution in [1.82, 2.24) is 14.8 Å². The summed E-state index contributed by atoms with van der Waals surface area (Å²) in [5.41, 5.74) is 2.21. The Kier molecular flexibility index (Phi) is 3.99. The van der Waals surface area contributed by atoms with Gasteiger partial charge in [-0.25, -0.2) is 19.3 Å². The molecule has 0 fully saturated rings. The number of pyridine rings is 1. The molecule has 122 valence electrons. The quantitative estimate of drug-likeness (QED) is 0.741. The van der Waals surface area contributed by atoms with Crippen LogP contribution in [0.5, 0.6) is 0 Å². The molecule has 0 saturated carbocycles. The van der Waals surface area contributed by atoms with Crippen LogP contribution < -0.4 is 0 Å². The number of benzene rings is 1. The number of fused-ring (bicyclic) bond motifs is 1. The van der Waals surface area contributed by atoms with E-state index in [9.17, 15) is 14.7 Å². The topological polar surface area (TPSA) is 94.3 Å². The number of nitrogens with zero attached hydrogens (tertiary/aromatic N) is 3. The zero-order chi connectivity index (χ0) is 17.3. The molecule has 0 amide bonds. The average Bonchev–Trinajstić information content (AvgIpc) is 2.98. The first-order valence-corrected chi connectivity index (χ1v) is 7.37. The SMILES string of the molecule is CCOC(=O)c1ccc(C)cc1-n1cc2c(C(=O)O)ccnc2n1. The Morgan fingerprint density at radius 2 is 2.04 bits per heavy atom. The monoisotopic (exact) mass is 325 g/mol. The molecular weight excluding hydrogens is 310 g/mol. The third kappa shape index (κ3) is 2.71. The predicted molar refractivity (Wildman–Crippen MR) is 86.5 cm³/mol. The fourth-order valence-electron chi connectivity index (χ4n) is 2.44. The Hall–Kier alpha value is -3.22. The van der Waals surface area contributed by atoms with E-state index in [0.29, 0.717) is 22.3 Å². The number of aromatic nitrogens is 3. The molecule has 0 aliphatic rings. The second-order valence-corrected chi connectivity index (χ2v) is 5.22. The lowest BCUT2D eigenvalue weighted by Crippen LogP contribution is -2.10. The van der Waals surface area contributed by atoms with Gasteiger partial charge in [-0.3, -0.25) is 0 Å². The number of ether oxygens (including phenoxy) is 1. The van der Waals surface area contributed by atoms with Crippen LogP contribution in [0.2, 0.25) is 0 Å². The maximum Gasteiger partial charge on any atom is 0.340 e. The van der Waals surface area contributed by atoms with Gasteiger partial charge < -0.3 is 9.84 Å². The van der Waals surface area contributed by atoms with Crippen LogP contribution >= 0.6 is 0 Å². The Morgan fingerprint density at radius 3 is 2.75 bits per heavy atom. The zero-order valence-electron chi connectivity index (χ0n) is 13.2. The van der Waals surface area contributed by atoms with Gasteiger partial charge in [0.25, 0.3) is 0 Å². The van der Waals surface area contributed by atoms with Crippen molar-refractivity contribution in [3.05, 3.63) is 53.3 Å². The minimum atomic E-state index is -1.06. The summed E-state index contributed by atoms with van der Waals surface area (Å²) in [5, 5.41) is 14.0. The Labute approximate surface area is 137 Å². The van der Waals surface area contributed by atoms with Gasteiger partial charge in [-0.05, 0) is 37.6 Å². The van der Waals surface area contributed by atoms with Crippen molar-refractivity contribution in [3.8, 4) is 5.69 Å². The summed E-state index contributed by atoms with van der Waals surface area (Å²) in [6, 6.07) is 6.68. The van der Waals surface area contributed by atoms with Gasteiger partial charge in [-0.1, -0.05) is 6.07 Å². The molecule has 0 spiro atoms. The molecule has 3 aromatic rings. The van der Waals surface area contributed by atoms with Crippen molar-refractivity contribution in [1.29, 1.82) is 0 Å². The molecule has 0 aliphatic heterocycles. The molecule has 3 rings (SSSR count). The maximum absolute atomic E-state index is 12.2. The van der Waals surface area contributed by atoms with Gasteiger partial charge in [0.2, 0.25) is 0 Å². The first-order valence-electron chi connectivity index (χ1n) is 7.37. The summed E-state index contributed by atoms with van der Waals surface area (Å²) in [4.78, 5) is 27.6. The zero-order valence-corrected chi connectivity index (χ0v) is 13.2.